The maximum atomic E-state index is 12.3. The lowest BCUT2D eigenvalue weighted by molar-refractivity contribution is 0.0766. The quantitative estimate of drug-likeness (QED) is 0.836. The van der Waals surface area contributed by atoms with Crippen molar-refractivity contribution < 1.29 is 4.79 Å². The Balaban J connectivity index is 1.61. The maximum absolute atomic E-state index is 12.3. The van der Waals surface area contributed by atoms with E-state index in [4.69, 9.17) is 0 Å². The van der Waals surface area contributed by atoms with Crippen LogP contribution >= 0.6 is 0 Å². The first-order valence-electron chi connectivity index (χ1n) is 8.89. The molecule has 6 nitrogen and oxygen atoms in total. The Bertz CT molecular complexity index is 677. The van der Waals surface area contributed by atoms with Gasteiger partial charge in [0.05, 0.1) is 12.4 Å². The molecule has 0 saturated carbocycles. The van der Waals surface area contributed by atoms with E-state index < -0.39 is 0 Å². The molecule has 0 atom stereocenters. The molecule has 0 N–H and O–H groups in total. The van der Waals surface area contributed by atoms with Gasteiger partial charge >= 0.3 is 0 Å². The zero-order valence-corrected chi connectivity index (χ0v) is 14.9. The van der Waals surface area contributed by atoms with Crippen molar-refractivity contribution in [1.29, 1.82) is 0 Å². The standard InChI is InChI=1S/C19H25N5O/c1-3-22(4-2)19(25)17-14-21-18(15-20-17)24-12-10-23(11-13-24)16-8-6-5-7-9-16/h5-9,14-15H,3-4,10-13H2,1-2H3. The van der Waals surface area contributed by atoms with E-state index in [1.54, 1.807) is 17.3 Å². The molecular formula is C19H25N5O. The predicted octanol–water partition coefficient (Wildman–Crippen LogP) is 2.29. The number of para-hydroxylation sites is 1. The number of carbonyl (C=O) groups is 1. The van der Waals surface area contributed by atoms with Gasteiger partial charge in [0, 0.05) is 45.0 Å². The third-order valence-electron chi connectivity index (χ3n) is 4.63. The summed E-state index contributed by atoms with van der Waals surface area (Å²) in [5.41, 5.74) is 1.67. The molecule has 2 aromatic rings. The SMILES string of the molecule is CCN(CC)C(=O)c1cnc(N2CCN(c3ccccc3)CC2)cn1. The molecule has 0 aliphatic carbocycles. The molecule has 0 spiro atoms. The minimum Gasteiger partial charge on any atom is -0.368 e. The van der Waals surface area contributed by atoms with Gasteiger partial charge in [-0.25, -0.2) is 9.97 Å². The maximum Gasteiger partial charge on any atom is 0.274 e. The fourth-order valence-corrected chi connectivity index (χ4v) is 3.10. The van der Waals surface area contributed by atoms with E-state index in [1.807, 2.05) is 19.9 Å². The summed E-state index contributed by atoms with van der Waals surface area (Å²) in [5, 5.41) is 0. The van der Waals surface area contributed by atoms with Crippen LogP contribution < -0.4 is 9.80 Å². The fourth-order valence-electron chi connectivity index (χ4n) is 3.10. The Morgan fingerprint density at radius 3 is 2.16 bits per heavy atom. The summed E-state index contributed by atoms with van der Waals surface area (Å²) in [6.07, 6.45) is 3.31. The van der Waals surface area contributed by atoms with Crippen molar-refractivity contribution in [2.45, 2.75) is 13.8 Å². The number of amides is 1. The second kappa shape index (κ2) is 7.96. The minimum atomic E-state index is -0.0575. The van der Waals surface area contributed by atoms with Gasteiger partial charge in [0.2, 0.25) is 0 Å². The number of carbonyl (C=O) groups excluding carboxylic acids is 1. The summed E-state index contributed by atoms with van der Waals surface area (Å²) < 4.78 is 0. The van der Waals surface area contributed by atoms with Crippen LogP contribution in [0.1, 0.15) is 24.3 Å². The lowest BCUT2D eigenvalue weighted by Crippen LogP contribution is -2.46. The molecule has 0 radical (unpaired) electrons. The van der Waals surface area contributed by atoms with Crippen LogP contribution in [0.4, 0.5) is 11.5 Å². The van der Waals surface area contributed by atoms with Crippen LogP contribution in [0.25, 0.3) is 0 Å². The number of aromatic nitrogens is 2. The van der Waals surface area contributed by atoms with Gasteiger partial charge < -0.3 is 14.7 Å². The molecule has 6 heteroatoms. The van der Waals surface area contributed by atoms with E-state index in [1.165, 1.54) is 5.69 Å². The molecule has 1 amide bonds. The molecule has 1 saturated heterocycles. The van der Waals surface area contributed by atoms with Gasteiger partial charge in [-0.1, -0.05) is 18.2 Å². The number of rotatable bonds is 5. The second-order valence-electron chi connectivity index (χ2n) is 6.05. The largest absolute Gasteiger partial charge is 0.368 e. The molecule has 1 fully saturated rings. The summed E-state index contributed by atoms with van der Waals surface area (Å²) >= 11 is 0. The van der Waals surface area contributed by atoms with E-state index in [-0.39, 0.29) is 5.91 Å². The first-order chi connectivity index (χ1) is 12.2. The predicted molar refractivity (Wildman–Crippen MR) is 100 cm³/mol. The smallest absolute Gasteiger partial charge is 0.274 e. The molecule has 1 aliphatic rings. The average Bonchev–Trinajstić information content (AvgIpc) is 2.70. The number of nitrogens with zero attached hydrogens (tertiary/aromatic N) is 5. The molecule has 2 heterocycles. The summed E-state index contributed by atoms with van der Waals surface area (Å²) in [6, 6.07) is 10.5. The van der Waals surface area contributed by atoms with Crippen LogP contribution in [0.2, 0.25) is 0 Å². The second-order valence-corrected chi connectivity index (χ2v) is 6.05. The van der Waals surface area contributed by atoms with Gasteiger partial charge in [0.25, 0.3) is 5.91 Å². The molecular weight excluding hydrogens is 314 g/mol. The Kier molecular flexibility index (Phi) is 5.48. The highest BCUT2D eigenvalue weighted by atomic mass is 16.2. The van der Waals surface area contributed by atoms with E-state index in [0.717, 1.165) is 32.0 Å². The van der Waals surface area contributed by atoms with Gasteiger partial charge in [-0.2, -0.15) is 0 Å². The number of hydrogen-bond donors (Lipinski definition) is 0. The van der Waals surface area contributed by atoms with Crippen molar-refractivity contribution in [2.24, 2.45) is 0 Å². The lowest BCUT2D eigenvalue weighted by atomic mass is 10.2. The van der Waals surface area contributed by atoms with Gasteiger partial charge in [0.1, 0.15) is 11.5 Å². The average molecular weight is 339 g/mol. The molecule has 1 aromatic heterocycles. The van der Waals surface area contributed by atoms with Gasteiger partial charge in [0.15, 0.2) is 0 Å². The van der Waals surface area contributed by atoms with Crippen molar-refractivity contribution in [3.63, 3.8) is 0 Å². The number of hydrogen-bond acceptors (Lipinski definition) is 5. The highest BCUT2D eigenvalue weighted by Gasteiger charge is 2.20. The summed E-state index contributed by atoms with van der Waals surface area (Å²) in [7, 11) is 0. The minimum absolute atomic E-state index is 0.0575. The van der Waals surface area contributed by atoms with Crippen molar-refractivity contribution in [2.75, 3.05) is 49.1 Å². The molecule has 25 heavy (non-hydrogen) atoms. The third kappa shape index (κ3) is 3.90. The van der Waals surface area contributed by atoms with E-state index in [2.05, 4.69) is 44.0 Å². The van der Waals surface area contributed by atoms with Crippen molar-refractivity contribution >= 4 is 17.4 Å². The summed E-state index contributed by atoms with van der Waals surface area (Å²) in [4.78, 5) is 27.5. The number of benzene rings is 1. The van der Waals surface area contributed by atoms with Crippen molar-refractivity contribution in [3.8, 4) is 0 Å². The molecule has 0 unspecified atom stereocenters. The lowest BCUT2D eigenvalue weighted by Gasteiger charge is -2.36. The van der Waals surface area contributed by atoms with E-state index in [9.17, 15) is 4.79 Å². The Labute approximate surface area is 149 Å². The molecule has 3 rings (SSSR count). The molecule has 132 valence electrons. The first kappa shape index (κ1) is 17.2. The van der Waals surface area contributed by atoms with Crippen LogP contribution in [0.5, 0.6) is 0 Å². The fraction of sp³-hybridized carbons (Fsp3) is 0.421. The number of anilines is 2. The Morgan fingerprint density at radius 2 is 1.60 bits per heavy atom. The zero-order valence-electron chi connectivity index (χ0n) is 14.9. The van der Waals surface area contributed by atoms with Crippen LogP contribution in [-0.2, 0) is 0 Å². The number of piperazine rings is 1. The monoisotopic (exact) mass is 339 g/mol. The van der Waals surface area contributed by atoms with Crippen LogP contribution in [0, 0.1) is 0 Å². The highest BCUT2D eigenvalue weighted by Crippen LogP contribution is 2.18. The Hall–Kier alpha value is -2.63. The van der Waals surface area contributed by atoms with E-state index >= 15 is 0 Å². The van der Waals surface area contributed by atoms with Gasteiger partial charge in [-0.05, 0) is 26.0 Å². The first-order valence-corrected chi connectivity index (χ1v) is 8.89. The van der Waals surface area contributed by atoms with Crippen LogP contribution in [-0.4, -0.2) is 60.0 Å². The normalized spacial score (nSPS) is 14.5. The molecule has 0 bridgehead atoms. The third-order valence-corrected chi connectivity index (χ3v) is 4.63. The van der Waals surface area contributed by atoms with Crippen molar-refractivity contribution in [3.05, 3.63) is 48.4 Å². The van der Waals surface area contributed by atoms with Crippen molar-refractivity contribution in [1.82, 2.24) is 14.9 Å². The summed E-state index contributed by atoms with van der Waals surface area (Å²) in [5.74, 6) is 0.779. The molecule has 1 aliphatic heterocycles. The van der Waals surface area contributed by atoms with Crippen LogP contribution in [0.3, 0.4) is 0 Å². The highest BCUT2D eigenvalue weighted by molar-refractivity contribution is 5.92. The van der Waals surface area contributed by atoms with Gasteiger partial charge in [-0.3, -0.25) is 4.79 Å². The molecule has 1 aromatic carbocycles. The Morgan fingerprint density at radius 1 is 0.960 bits per heavy atom. The van der Waals surface area contributed by atoms with E-state index in [0.29, 0.717) is 18.8 Å². The summed E-state index contributed by atoms with van der Waals surface area (Å²) in [6.45, 7) is 8.99. The topological polar surface area (TPSA) is 52.6 Å². The van der Waals surface area contributed by atoms with Gasteiger partial charge in [-0.15, -0.1) is 0 Å². The van der Waals surface area contributed by atoms with Crippen LogP contribution in [0.15, 0.2) is 42.7 Å². The zero-order chi connectivity index (χ0) is 17.6.